The molecule has 4 aliphatic rings. The van der Waals surface area contributed by atoms with Crippen LogP contribution in [0.1, 0.15) is 37.2 Å². The Hall–Kier alpha value is -2.38. The van der Waals surface area contributed by atoms with Crippen molar-refractivity contribution in [2.75, 3.05) is 19.7 Å². The van der Waals surface area contributed by atoms with Gasteiger partial charge in [-0.25, -0.2) is 0 Å². The Kier molecular flexibility index (Phi) is 5.03. The molecule has 7 heteroatoms. The summed E-state index contributed by atoms with van der Waals surface area (Å²) in [5, 5.41) is 23.2. The van der Waals surface area contributed by atoms with E-state index >= 15 is 0 Å². The molecule has 0 radical (unpaired) electrons. The Morgan fingerprint density at radius 3 is 2.63 bits per heavy atom. The molecule has 1 aliphatic heterocycles. The van der Waals surface area contributed by atoms with Crippen LogP contribution in [0.25, 0.3) is 0 Å². The number of nitrogens with one attached hydrogen (secondary N) is 1. The number of carbonyl (C=O) groups excluding carboxylic acids is 2. The van der Waals surface area contributed by atoms with E-state index in [9.17, 15) is 14.7 Å². The summed E-state index contributed by atoms with van der Waals surface area (Å²) < 4.78 is 6.11. The molecule has 0 unspecified atom stereocenters. The van der Waals surface area contributed by atoms with Gasteiger partial charge in [0.15, 0.2) is 0 Å². The second kappa shape index (κ2) is 7.71. The number of hydrogen-bond donors (Lipinski definition) is 3. The van der Waals surface area contributed by atoms with Gasteiger partial charge in [-0.2, -0.15) is 0 Å². The number of carbonyl (C=O) groups is 2. The standard InChI is InChI=1S/C23H28N2O5/c26-10-9-24-22(28)16-11-17(25(12-13-5-6-13)23(29)14-7-8-14)20(27)21-19(16)15-3-1-2-4-18(15)30-21/h1-4,11,13-14,17,19-21,26-27H,5-10,12H2,(H,24,28)/t17-,19+,20+,21+/m1/s1. The second-order valence-electron chi connectivity index (χ2n) is 8.89. The maximum Gasteiger partial charge on any atom is 0.247 e. The van der Waals surface area contributed by atoms with Crippen molar-refractivity contribution in [1.29, 1.82) is 0 Å². The smallest absolute Gasteiger partial charge is 0.247 e. The summed E-state index contributed by atoms with van der Waals surface area (Å²) in [6.45, 7) is 0.611. The minimum absolute atomic E-state index is 0.0374. The lowest BCUT2D eigenvalue weighted by Crippen LogP contribution is -2.56. The number of ether oxygens (including phenoxy) is 1. The van der Waals surface area contributed by atoms with E-state index in [0.717, 1.165) is 31.2 Å². The number of hydrogen-bond acceptors (Lipinski definition) is 5. The van der Waals surface area contributed by atoms with Crippen LogP contribution in [0.4, 0.5) is 0 Å². The van der Waals surface area contributed by atoms with E-state index < -0.39 is 24.2 Å². The molecule has 1 heterocycles. The molecule has 0 saturated heterocycles. The van der Waals surface area contributed by atoms with Gasteiger partial charge in [-0.1, -0.05) is 18.2 Å². The van der Waals surface area contributed by atoms with E-state index in [4.69, 9.17) is 9.84 Å². The molecule has 30 heavy (non-hydrogen) atoms. The zero-order valence-corrected chi connectivity index (χ0v) is 16.9. The molecule has 5 rings (SSSR count). The van der Waals surface area contributed by atoms with Crippen LogP contribution in [0.15, 0.2) is 35.9 Å². The lowest BCUT2D eigenvalue weighted by Gasteiger charge is -2.41. The summed E-state index contributed by atoms with van der Waals surface area (Å²) in [6, 6.07) is 6.92. The third-order valence-electron chi connectivity index (χ3n) is 6.60. The first-order valence-corrected chi connectivity index (χ1v) is 10.9. The van der Waals surface area contributed by atoms with Crippen LogP contribution in [0.5, 0.6) is 5.75 Å². The van der Waals surface area contributed by atoms with Crippen LogP contribution >= 0.6 is 0 Å². The van der Waals surface area contributed by atoms with Crippen molar-refractivity contribution in [2.24, 2.45) is 11.8 Å². The molecule has 0 bridgehead atoms. The van der Waals surface area contributed by atoms with Crippen molar-refractivity contribution in [1.82, 2.24) is 10.2 Å². The van der Waals surface area contributed by atoms with Crippen LogP contribution in [0.2, 0.25) is 0 Å². The molecule has 1 aromatic rings. The molecule has 0 aromatic heterocycles. The van der Waals surface area contributed by atoms with Gasteiger partial charge in [-0.05, 0) is 43.7 Å². The zero-order chi connectivity index (χ0) is 20.8. The van der Waals surface area contributed by atoms with Gasteiger partial charge < -0.3 is 25.2 Å². The first-order valence-electron chi connectivity index (χ1n) is 10.9. The maximum atomic E-state index is 13.1. The van der Waals surface area contributed by atoms with Gasteiger partial charge >= 0.3 is 0 Å². The maximum absolute atomic E-state index is 13.1. The third-order valence-corrected chi connectivity index (χ3v) is 6.60. The molecule has 2 saturated carbocycles. The van der Waals surface area contributed by atoms with E-state index in [0.29, 0.717) is 23.8 Å². The summed E-state index contributed by atoms with van der Waals surface area (Å²) in [5.41, 5.74) is 1.37. The molecule has 3 aliphatic carbocycles. The van der Waals surface area contributed by atoms with Crippen molar-refractivity contribution in [2.45, 2.75) is 49.9 Å². The number of para-hydroxylation sites is 1. The minimum Gasteiger partial charge on any atom is -0.486 e. The van der Waals surface area contributed by atoms with Gasteiger partial charge in [0.1, 0.15) is 18.0 Å². The zero-order valence-electron chi connectivity index (χ0n) is 16.9. The number of aliphatic hydroxyl groups is 2. The van der Waals surface area contributed by atoms with Gasteiger partial charge in [-0.3, -0.25) is 9.59 Å². The fraction of sp³-hybridized carbons (Fsp3) is 0.565. The van der Waals surface area contributed by atoms with Crippen molar-refractivity contribution in [3.63, 3.8) is 0 Å². The largest absolute Gasteiger partial charge is 0.486 e. The second-order valence-corrected chi connectivity index (χ2v) is 8.89. The van der Waals surface area contributed by atoms with Crippen LogP contribution in [-0.4, -0.2) is 64.9 Å². The molecular formula is C23H28N2O5. The number of benzene rings is 1. The Morgan fingerprint density at radius 1 is 1.17 bits per heavy atom. The van der Waals surface area contributed by atoms with Gasteiger partial charge in [-0.15, -0.1) is 0 Å². The van der Waals surface area contributed by atoms with Gasteiger partial charge in [0.2, 0.25) is 11.8 Å². The van der Waals surface area contributed by atoms with Crippen LogP contribution < -0.4 is 10.1 Å². The van der Waals surface area contributed by atoms with E-state index in [-0.39, 0.29) is 30.9 Å². The summed E-state index contributed by atoms with van der Waals surface area (Å²) in [6.07, 6.45) is 4.21. The first kappa shape index (κ1) is 19.6. The SMILES string of the molecule is O=C(NCCO)C1=C[C@@H](N(CC2CC2)C(=O)C2CC2)[C@H](O)[C@H]2Oc3ccccc3[C@@H]12. The van der Waals surface area contributed by atoms with Crippen molar-refractivity contribution in [3.05, 3.63) is 41.5 Å². The van der Waals surface area contributed by atoms with Crippen LogP contribution in [0.3, 0.4) is 0 Å². The minimum atomic E-state index is -0.918. The topological polar surface area (TPSA) is 99.1 Å². The highest BCUT2D eigenvalue weighted by Crippen LogP contribution is 2.48. The van der Waals surface area contributed by atoms with Crippen LogP contribution in [-0.2, 0) is 9.59 Å². The molecule has 7 nitrogen and oxygen atoms in total. The Morgan fingerprint density at radius 2 is 1.93 bits per heavy atom. The molecule has 1 aromatic carbocycles. The summed E-state index contributed by atoms with van der Waals surface area (Å²) in [4.78, 5) is 27.9. The number of nitrogens with zero attached hydrogens (tertiary/aromatic N) is 1. The van der Waals surface area contributed by atoms with Gasteiger partial charge in [0.05, 0.1) is 18.6 Å². The molecule has 4 atom stereocenters. The predicted octanol–water partition coefficient (Wildman–Crippen LogP) is 0.958. The van der Waals surface area contributed by atoms with Crippen molar-refractivity contribution >= 4 is 11.8 Å². The molecule has 160 valence electrons. The Balaban J connectivity index is 1.52. The fourth-order valence-corrected chi connectivity index (χ4v) is 4.69. The number of rotatable bonds is 7. The molecule has 0 spiro atoms. The fourth-order valence-electron chi connectivity index (χ4n) is 4.69. The van der Waals surface area contributed by atoms with E-state index in [1.807, 2.05) is 24.3 Å². The van der Waals surface area contributed by atoms with Crippen molar-refractivity contribution in [3.8, 4) is 5.75 Å². The Labute approximate surface area is 175 Å². The molecule has 2 amide bonds. The molecular weight excluding hydrogens is 384 g/mol. The van der Waals surface area contributed by atoms with Crippen LogP contribution in [0, 0.1) is 11.8 Å². The quantitative estimate of drug-likeness (QED) is 0.620. The van der Waals surface area contributed by atoms with E-state index in [2.05, 4.69) is 5.32 Å². The highest BCUT2D eigenvalue weighted by Gasteiger charge is 2.51. The molecule has 2 fully saturated rings. The lowest BCUT2D eigenvalue weighted by molar-refractivity contribution is -0.138. The van der Waals surface area contributed by atoms with E-state index in [1.165, 1.54) is 0 Å². The monoisotopic (exact) mass is 412 g/mol. The lowest BCUT2D eigenvalue weighted by atomic mass is 9.77. The summed E-state index contributed by atoms with van der Waals surface area (Å²) >= 11 is 0. The summed E-state index contributed by atoms with van der Waals surface area (Å²) in [7, 11) is 0. The van der Waals surface area contributed by atoms with Crippen molar-refractivity contribution < 1.29 is 24.5 Å². The molecule has 3 N–H and O–H groups in total. The summed E-state index contributed by atoms with van der Waals surface area (Å²) in [5.74, 6) is 0.558. The number of fused-ring (bicyclic) bond motifs is 3. The predicted molar refractivity (Wildman–Crippen MR) is 109 cm³/mol. The highest BCUT2D eigenvalue weighted by molar-refractivity contribution is 5.96. The van der Waals surface area contributed by atoms with E-state index in [1.54, 1.807) is 11.0 Å². The number of amides is 2. The third kappa shape index (κ3) is 3.50. The number of aliphatic hydroxyl groups excluding tert-OH is 2. The highest BCUT2D eigenvalue weighted by atomic mass is 16.5. The average Bonchev–Trinajstić information content (AvgIpc) is 3.68. The average molecular weight is 412 g/mol. The Bertz CT molecular complexity index is 876. The normalized spacial score (nSPS) is 29.3. The van der Waals surface area contributed by atoms with Gasteiger partial charge in [0.25, 0.3) is 0 Å². The first-order chi connectivity index (χ1) is 14.6. The van der Waals surface area contributed by atoms with Gasteiger partial charge in [0, 0.05) is 30.1 Å².